The normalized spacial score (nSPS) is 14.6. The first-order chi connectivity index (χ1) is 6.12. The van der Waals surface area contributed by atoms with E-state index in [1.165, 1.54) is 12.1 Å². The smallest absolute Gasteiger partial charge is 0.129 e. The summed E-state index contributed by atoms with van der Waals surface area (Å²) in [6, 6.07) is 7.73. The van der Waals surface area contributed by atoms with Crippen molar-refractivity contribution in [3.63, 3.8) is 0 Å². The monoisotopic (exact) mass is 178 g/mol. The molecule has 0 radical (unpaired) electrons. The molecule has 2 nitrogen and oxygen atoms in total. The Kier molecular flexibility index (Phi) is 2.64. The van der Waals surface area contributed by atoms with Crippen LogP contribution < -0.4 is 5.73 Å². The number of nitrogens with two attached hydrogens (primary N) is 1. The van der Waals surface area contributed by atoms with Crippen molar-refractivity contribution in [2.24, 2.45) is 5.73 Å². The molecule has 0 heterocycles. The van der Waals surface area contributed by atoms with Crippen LogP contribution in [0.4, 0.5) is 4.39 Å². The van der Waals surface area contributed by atoms with E-state index in [0.717, 1.165) is 0 Å². The first-order valence-electron chi connectivity index (χ1n) is 4.08. The Labute approximate surface area is 76.8 Å². The number of nitriles is 1. The molecule has 1 aromatic rings. The van der Waals surface area contributed by atoms with Gasteiger partial charge in [0.1, 0.15) is 11.4 Å². The van der Waals surface area contributed by atoms with Gasteiger partial charge in [0, 0.05) is 0 Å². The van der Waals surface area contributed by atoms with Crippen LogP contribution in [0.15, 0.2) is 24.3 Å². The van der Waals surface area contributed by atoms with Crippen LogP contribution in [0.3, 0.4) is 0 Å². The first-order valence-corrected chi connectivity index (χ1v) is 4.08. The molecule has 13 heavy (non-hydrogen) atoms. The van der Waals surface area contributed by atoms with Crippen molar-refractivity contribution in [1.29, 1.82) is 5.26 Å². The van der Waals surface area contributed by atoms with E-state index in [2.05, 4.69) is 0 Å². The lowest BCUT2D eigenvalue weighted by molar-refractivity contribution is 0.551. The largest absolute Gasteiger partial charge is 0.310 e. The topological polar surface area (TPSA) is 49.8 Å². The van der Waals surface area contributed by atoms with Crippen LogP contribution in [0.25, 0.3) is 0 Å². The van der Waals surface area contributed by atoms with Crippen LogP contribution in [0.1, 0.15) is 18.9 Å². The average Bonchev–Trinajstić information content (AvgIpc) is 2.18. The number of hydrogen-bond donors (Lipinski definition) is 1. The van der Waals surface area contributed by atoms with Crippen molar-refractivity contribution in [2.75, 3.05) is 0 Å². The van der Waals surface area contributed by atoms with E-state index in [-0.39, 0.29) is 5.82 Å². The highest BCUT2D eigenvalue weighted by atomic mass is 19.1. The zero-order valence-corrected chi connectivity index (χ0v) is 7.42. The molecule has 1 aromatic carbocycles. The summed E-state index contributed by atoms with van der Waals surface area (Å²) in [5, 5.41) is 8.84. The summed E-state index contributed by atoms with van der Waals surface area (Å²) in [6.45, 7) is 1.83. The number of hydrogen-bond acceptors (Lipinski definition) is 2. The SMILES string of the molecule is CCC(N)(C#N)c1ccc(F)cc1. The molecule has 3 heteroatoms. The van der Waals surface area contributed by atoms with Gasteiger partial charge in [-0.3, -0.25) is 0 Å². The number of nitrogens with zero attached hydrogens (tertiary/aromatic N) is 1. The molecule has 0 aromatic heterocycles. The minimum absolute atomic E-state index is 0.319. The van der Waals surface area contributed by atoms with Crippen molar-refractivity contribution in [1.82, 2.24) is 0 Å². The molecule has 0 spiro atoms. The predicted octanol–water partition coefficient (Wildman–Crippen LogP) is 1.91. The second-order valence-corrected chi connectivity index (χ2v) is 2.94. The third-order valence-corrected chi connectivity index (χ3v) is 2.12. The standard InChI is InChI=1S/C10H11FN2/c1-2-10(13,7-12)8-3-5-9(11)6-4-8/h3-6H,2,13H2,1H3. The maximum Gasteiger partial charge on any atom is 0.129 e. The zero-order chi connectivity index (χ0) is 9.90. The van der Waals surface area contributed by atoms with Gasteiger partial charge in [-0.15, -0.1) is 0 Å². The molecule has 0 saturated carbocycles. The summed E-state index contributed by atoms with van der Waals surface area (Å²) < 4.78 is 12.6. The van der Waals surface area contributed by atoms with Crippen molar-refractivity contribution in [2.45, 2.75) is 18.9 Å². The van der Waals surface area contributed by atoms with E-state index in [1.54, 1.807) is 12.1 Å². The summed E-state index contributed by atoms with van der Waals surface area (Å²) in [7, 11) is 0. The van der Waals surface area contributed by atoms with Crippen LogP contribution in [-0.2, 0) is 5.54 Å². The van der Waals surface area contributed by atoms with E-state index in [9.17, 15) is 4.39 Å². The van der Waals surface area contributed by atoms with Gasteiger partial charge < -0.3 is 5.73 Å². The molecule has 1 unspecified atom stereocenters. The maximum atomic E-state index is 12.6. The molecule has 2 N–H and O–H groups in total. The first kappa shape index (κ1) is 9.69. The Morgan fingerprint density at radius 3 is 2.38 bits per heavy atom. The summed E-state index contributed by atoms with van der Waals surface area (Å²) in [5.74, 6) is -0.319. The highest BCUT2D eigenvalue weighted by molar-refractivity contribution is 5.30. The van der Waals surface area contributed by atoms with Crippen LogP contribution in [0, 0.1) is 17.1 Å². The van der Waals surface area contributed by atoms with Crippen molar-refractivity contribution in [3.05, 3.63) is 35.6 Å². The van der Waals surface area contributed by atoms with Crippen LogP contribution in [-0.4, -0.2) is 0 Å². The second-order valence-electron chi connectivity index (χ2n) is 2.94. The van der Waals surface area contributed by atoms with Gasteiger partial charge >= 0.3 is 0 Å². The molecule has 0 amide bonds. The van der Waals surface area contributed by atoms with Gasteiger partial charge in [0.2, 0.25) is 0 Å². The van der Waals surface area contributed by atoms with Gasteiger partial charge in [0.05, 0.1) is 6.07 Å². The lowest BCUT2D eigenvalue weighted by atomic mass is 9.90. The van der Waals surface area contributed by atoms with E-state index in [1.807, 2.05) is 13.0 Å². The van der Waals surface area contributed by atoms with E-state index < -0.39 is 5.54 Å². The van der Waals surface area contributed by atoms with Crippen LogP contribution in [0.5, 0.6) is 0 Å². The summed E-state index contributed by atoms with van der Waals surface area (Å²) in [5.41, 5.74) is 5.44. The van der Waals surface area contributed by atoms with Crippen molar-refractivity contribution >= 4 is 0 Å². The number of benzene rings is 1. The molecule has 0 bridgehead atoms. The van der Waals surface area contributed by atoms with Gasteiger partial charge in [-0.25, -0.2) is 4.39 Å². The fourth-order valence-electron chi connectivity index (χ4n) is 1.10. The summed E-state index contributed by atoms with van der Waals surface area (Å²) in [6.07, 6.45) is 0.509. The Hall–Kier alpha value is -1.40. The molecule has 68 valence electrons. The van der Waals surface area contributed by atoms with Crippen LogP contribution in [0.2, 0.25) is 0 Å². The highest BCUT2D eigenvalue weighted by Crippen LogP contribution is 2.20. The fraction of sp³-hybridized carbons (Fsp3) is 0.300. The fourth-order valence-corrected chi connectivity index (χ4v) is 1.10. The van der Waals surface area contributed by atoms with Crippen molar-refractivity contribution < 1.29 is 4.39 Å². The van der Waals surface area contributed by atoms with E-state index in [4.69, 9.17) is 11.0 Å². The Morgan fingerprint density at radius 1 is 1.46 bits per heavy atom. The third-order valence-electron chi connectivity index (χ3n) is 2.12. The van der Waals surface area contributed by atoms with Gasteiger partial charge in [0.25, 0.3) is 0 Å². The average molecular weight is 178 g/mol. The highest BCUT2D eigenvalue weighted by Gasteiger charge is 2.24. The summed E-state index contributed by atoms with van der Waals surface area (Å²) >= 11 is 0. The van der Waals surface area contributed by atoms with Gasteiger partial charge in [-0.05, 0) is 24.1 Å². The molecule has 0 aliphatic rings. The van der Waals surface area contributed by atoms with Gasteiger partial charge in [-0.2, -0.15) is 5.26 Å². The van der Waals surface area contributed by atoms with Gasteiger partial charge in [-0.1, -0.05) is 19.1 Å². The molecule has 0 fully saturated rings. The van der Waals surface area contributed by atoms with E-state index >= 15 is 0 Å². The molecule has 1 rings (SSSR count). The van der Waals surface area contributed by atoms with Crippen LogP contribution >= 0.6 is 0 Å². The predicted molar refractivity (Wildman–Crippen MR) is 48.2 cm³/mol. The quantitative estimate of drug-likeness (QED) is 0.752. The maximum absolute atomic E-state index is 12.6. The minimum atomic E-state index is -0.992. The number of rotatable bonds is 2. The molecular weight excluding hydrogens is 167 g/mol. The zero-order valence-electron chi connectivity index (χ0n) is 7.42. The molecule has 0 aliphatic heterocycles. The molecule has 1 atom stereocenters. The second kappa shape index (κ2) is 3.55. The van der Waals surface area contributed by atoms with E-state index in [0.29, 0.717) is 12.0 Å². The minimum Gasteiger partial charge on any atom is -0.310 e. The number of halogens is 1. The molecular formula is C10H11FN2. The Bertz CT molecular complexity index is 326. The third kappa shape index (κ3) is 1.85. The molecule has 0 aliphatic carbocycles. The molecule has 0 saturated heterocycles. The lowest BCUT2D eigenvalue weighted by Crippen LogP contribution is -2.33. The summed E-state index contributed by atoms with van der Waals surface area (Å²) in [4.78, 5) is 0. The Balaban J connectivity index is 3.08. The van der Waals surface area contributed by atoms with Gasteiger partial charge in [0.15, 0.2) is 0 Å². The van der Waals surface area contributed by atoms with Crippen molar-refractivity contribution in [3.8, 4) is 6.07 Å². The Morgan fingerprint density at radius 2 is 2.00 bits per heavy atom. The lowest BCUT2D eigenvalue weighted by Gasteiger charge is -2.19.